The van der Waals surface area contributed by atoms with Crippen LogP contribution in [-0.4, -0.2) is 44.0 Å². The number of nitrogens with one attached hydrogen (secondary N) is 1. The van der Waals surface area contributed by atoms with Crippen LogP contribution in [0.5, 0.6) is 0 Å². The van der Waals surface area contributed by atoms with Gasteiger partial charge in [-0.15, -0.1) is 0 Å². The Hall–Kier alpha value is -1.02. The molecule has 1 fully saturated rings. The molecule has 1 saturated heterocycles. The molecule has 0 amide bonds. The summed E-state index contributed by atoms with van der Waals surface area (Å²) in [6.07, 6.45) is 3.26. The molecule has 1 unspecified atom stereocenters. The average Bonchev–Trinajstić information content (AvgIpc) is 2.47. The van der Waals surface area contributed by atoms with E-state index in [-0.39, 0.29) is 10.9 Å². The maximum Gasteiger partial charge on any atom is 0.242 e. The third-order valence-electron chi connectivity index (χ3n) is 3.59. The lowest BCUT2D eigenvalue weighted by Crippen LogP contribution is -2.47. The number of sulfonamides is 1. The van der Waals surface area contributed by atoms with Gasteiger partial charge < -0.3 is 10.6 Å². The minimum absolute atomic E-state index is 0.0251. The van der Waals surface area contributed by atoms with Gasteiger partial charge >= 0.3 is 0 Å². The zero-order chi connectivity index (χ0) is 14.6. The lowest BCUT2D eigenvalue weighted by Gasteiger charge is -2.32. The van der Waals surface area contributed by atoms with Crippen LogP contribution in [0.2, 0.25) is 0 Å². The Morgan fingerprint density at radius 3 is 2.90 bits per heavy atom. The number of hydrogen-bond acceptors (Lipinski definition) is 5. The number of likely N-dealkylation sites (tertiary alicyclic amines) is 1. The summed E-state index contributed by atoms with van der Waals surface area (Å²) in [7, 11) is -3.50. The molecule has 0 bridgehead atoms. The van der Waals surface area contributed by atoms with Crippen LogP contribution in [0.4, 0.5) is 0 Å². The summed E-state index contributed by atoms with van der Waals surface area (Å²) in [5.74, 6) is 0. The van der Waals surface area contributed by atoms with Gasteiger partial charge in [-0.2, -0.15) is 0 Å². The van der Waals surface area contributed by atoms with Crippen molar-refractivity contribution in [2.24, 2.45) is 5.73 Å². The molecule has 6 nitrogen and oxygen atoms in total. The Balaban J connectivity index is 2.06. The van der Waals surface area contributed by atoms with Gasteiger partial charge in [-0.25, -0.2) is 13.1 Å². The Morgan fingerprint density at radius 2 is 2.30 bits per heavy atom. The summed E-state index contributed by atoms with van der Waals surface area (Å²) in [6, 6.07) is 3.18. The molecule has 1 aliphatic rings. The molecule has 3 N–H and O–H groups in total. The Bertz CT molecular complexity index is 530. The monoisotopic (exact) mass is 298 g/mol. The Morgan fingerprint density at radius 1 is 1.50 bits per heavy atom. The van der Waals surface area contributed by atoms with Gasteiger partial charge in [-0.3, -0.25) is 4.98 Å². The van der Waals surface area contributed by atoms with Crippen molar-refractivity contribution in [2.75, 3.05) is 19.6 Å². The standard InChI is InChI=1S/C13H22N4O2S/c1-2-17-7-3-4-12(10-17)16-20(18,19)13-6-5-11(8-14)15-9-13/h5-6,9,12,16H,2-4,7-8,10,14H2,1H3. The molecular weight excluding hydrogens is 276 g/mol. The van der Waals surface area contributed by atoms with Gasteiger partial charge in [0.2, 0.25) is 10.0 Å². The number of piperidine rings is 1. The predicted molar refractivity (Wildman–Crippen MR) is 77.6 cm³/mol. The van der Waals surface area contributed by atoms with Gasteiger partial charge in [0, 0.05) is 25.3 Å². The minimum atomic E-state index is -3.50. The number of aromatic nitrogens is 1. The molecule has 0 saturated carbocycles. The number of rotatable bonds is 5. The first kappa shape index (κ1) is 15.4. The fraction of sp³-hybridized carbons (Fsp3) is 0.615. The highest BCUT2D eigenvalue weighted by Gasteiger charge is 2.24. The minimum Gasteiger partial charge on any atom is -0.325 e. The van der Waals surface area contributed by atoms with Crippen LogP contribution in [0.25, 0.3) is 0 Å². The summed E-state index contributed by atoms with van der Waals surface area (Å²) >= 11 is 0. The zero-order valence-corrected chi connectivity index (χ0v) is 12.6. The molecular formula is C13H22N4O2S. The third kappa shape index (κ3) is 3.76. The van der Waals surface area contributed by atoms with Crippen LogP contribution in [0.1, 0.15) is 25.5 Å². The number of nitrogens with zero attached hydrogens (tertiary/aromatic N) is 2. The highest BCUT2D eigenvalue weighted by Crippen LogP contribution is 2.14. The highest BCUT2D eigenvalue weighted by molar-refractivity contribution is 7.89. The van der Waals surface area contributed by atoms with Gasteiger partial charge in [0.15, 0.2) is 0 Å². The van der Waals surface area contributed by atoms with Gasteiger partial charge in [-0.05, 0) is 38.1 Å². The third-order valence-corrected chi connectivity index (χ3v) is 5.10. The number of pyridine rings is 1. The van der Waals surface area contributed by atoms with Gasteiger partial charge in [0.25, 0.3) is 0 Å². The number of hydrogen-bond donors (Lipinski definition) is 2. The first-order chi connectivity index (χ1) is 9.55. The molecule has 1 aromatic rings. The summed E-state index contributed by atoms with van der Waals surface area (Å²) in [5.41, 5.74) is 6.14. The van der Waals surface area contributed by atoms with E-state index in [9.17, 15) is 8.42 Å². The molecule has 0 spiro atoms. The fourth-order valence-corrected chi connectivity index (χ4v) is 3.62. The van der Waals surface area contributed by atoms with Gasteiger partial charge in [0.05, 0.1) is 5.69 Å². The smallest absolute Gasteiger partial charge is 0.242 e. The molecule has 7 heteroatoms. The summed E-state index contributed by atoms with van der Waals surface area (Å²) < 4.78 is 27.4. The second kappa shape index (κ2) is 6.62. The van der Waals surface area contributed by atoms with Gasteiger partial charge in [-0.1, -0.05) is 6.92 Å². The van der Waals surface area contributed by atoms with Crippen LogP contribution in [0.3, 0.4) is 0 Å². The maximum atomic E-state index is 12.3. The van der Waals surface area contributed by atoms with E-state index < -0.39 is 10.0 Å². The molecule has 0 radical (unpaired) electrons. The van der Waals surface area contributed by atoms with E-state index in [0.717, 1.165) is 32.5 Å². The largest absolute Gasteiger partial charge is 0.325 e. The van der Waals surface area contributed by atoms with Crippen molar-refractivity contribution in [1.82, 2.24) is 14.6 Å². The number of likely N-dealkylation sites (N-methyl/N-ethyl adjacent to an activating group) is 1. The average molecular weight is 298 g/mol. The van der Waals surface area contributed by atoms with E-state index in [2.05, 4.69) is 21.5 Å². The van der Waals surface area contributed by atoms with Gasteiger partial charge in [0.1, 0.15) is 4.90 Å². The molecule has 2 heterocycles. The summed E-state index contributed by atoms with van der Waals surface area (Å²) in [4.78, 5) is 6.49. The highest BCUT2D eigenvalue weighted by atomic mass is 32.2. The molecule has 112 valence electrons. The second-order valence-corrected chi connectivity index (χ2v) is 6.76. The molecule has 0 aliphatic carbocycles. The topological polar surface area (TPSA) is 88.3 Å². The Kier molecular flexibility index (Phi) is 5.09. The van der Waals surface area contributed by atoms with Crippen molar-refractivity contribution in [3.8, 4) is 0 Å². The fourth-order valence-electron chi connectivity index (χ4n) is 2.42. The zero-order valence-electron chi connectivity index (χ0n) is 11.7. The normalized spacial score (nSPS) is 21.0. The van der Waals surface area contributed by atoms with Crippen molar-refractivity contribution in [3.05, 3.63) is 24.0 Å². The SMILES string of the molecule is CCN1CCCC(NS(=O)(=O)c2ccc(CN)nc2)C1. The van der Waals surface area contributed by atoms with Crippen LogP contribution < -0.4 is 10.5 Å². The van der Waals surface area contributed by atoms with E-state index in [1.54, 1.807) is 12.1 Å². The number of nitrogens with two attached hydrogens (primary N) is 1. The first-order valence-corrected chi connectivity index (χ1v) is 8.43. The lowest BCUT2D eigenvalue weighted by atomic mass is 10.1. The first-order valence-electron chi connectivity index (χ1n) is 6.95. The van der Waals surface area contributed by atoms with Crippen LogP contribution in [0, 0.1) is 0 Å². The van der Waals surface area contributed by atoms with E-state index in [4.69, 9.17) is 5.73 Å². The molecule has 0 aromatic carbocycles. The quantitative estimate of drug-likeness (QED) is 0.816. The molecule has 1 atom stereocenters. The lowest BCUT2D eigenvalue weighted by molar-refractivity contribution is 0.211. The van der Waals surface area contributed by atoms with Crippen molar-refractivity contribution >= 4 is 10.0 Å². The molecule has 2 rings (SSSR count). The van der Waals surface area contributed by atoms with Crippen LogP contribution in [0.15, 0.2) is 23.2 Å². The van der Waals surface area contributed by atoms with Crippen molar-refractivity contribution in [2.45, 2.75) is 37.2 Å². The molecule has 1 aromatic heterocycles. The maximum absolute atomic E-state index is 12.3. The van der Waals surface area contributed by atoms with Crippen LogP contribution in [-0.2, 0) is 16.6 Å². The Labute approximate surface area is 120 Å². The summed E-state index contributed by atoms with van der Waals surface area (Å²) in [5, 5.41) is 0. The predicted octanol–water partition coefficient (Wildman–Crippen LogP) is 0.303. The van der Waals surface area contributed by atoms with Crippen molar-refractivity contribution in [1.29, 1.82) is 0 Å². The van der Waals surface area contributed by atoms with E-state index >= 15 is 0 Å². The second-order valence-electron chi connectivity index (χ2n) is 5.04. The summed E-state index contributed by atoms with van der Waals surface area (Å²) in [6.45, 7) is 5.16. The van der Waals surface area contributed by atoms with E-state index in [1.165, 1.54) is 6.20 Å². The van der Waals surface area contributed by atoms with E-state index in [0.29, 0.717) is 12.2 Å². The molecule has 1 aliphatic heterocycles. The van der Waals surface area contributed by atoms with Crippen LogP contribution >= 0.6 is 0 Å². The van der Waals surface area contributed by atoms with Crippen molar-refractivity contribution in [3.63, 3.8) is 0 Å². The van der Waals surface area contributed by atoms with E-state index in [1.807, 2.05) is 0 Å². The van der Waals surface area contributed by atoms with Crippen molar-refractivity contribution < 1.29 is 8.42 Å². The molecule has 20 heavy (non-hydrogen) atoms.